The van der Waals surface area contributed by atoms with E-state index in [9.17, 15) is 19.5 Å². The van der Waals surface area contributed by atoms with Crippen LogP contribution in [0.3, 0.4) is 0 Å². The molecular weight excluding hydrogens is 450 g/mol. The lowest BCUT2D eigenvalue weighted by Crippen LogP contribution is -2.58. The van der Waals surface area contributed by atoms with Crippen LogP contribution in [0.1, 0.15) is 87.0 Å². The summed E-state index contributed by atoms with van der Waals surface area (Å²) < 4.78 is -0.921. The van der Waals surface area contributed by atoms with Gasteiger partial charge < -0.3 is 20.6 Å². The lowest BCUT2D eigenvalue weighted by atomic mass is 9.66. The molecule has 0 radical (unpaired) electrons. The third-order valence-corrected chi connectivity index (χ3v) is 9.58. The van der Waals surface area contributed by atoms with Crippen molar-refractivity contribution in [2.45, 2.75) is 108 Å². The van der Waals surface area contributed by atoms with Crippen molar-refractivity contribution in [2.75, 3.05) is 19.7 Å². The highest BCUT2D eigenvalue weighted by molar-refractivity contribution is 8.02. The molecule has 8 heteroatoms. The summed E-state index contributed by atoms with van der Waals surface area (Å²) >= 11 is 1.71. The first-order chi connectivity index (χ1) is 15.7. The van der Waals surface area contributed by atoms with E-state index < -0.39 is 28.2 Å². The minimum atomic E-state index is -0.598. The number of nitrogens with zero attached hydrogens (tertiary/aromatic N) is 1. The number of rotatable bonds is 10. The van der Waals surface area contributed by atoms with Crippen molar-refractivity contribution in [1.29, 1.82) is 0 Å². The normalized spacial score (nSPS) is 32.8. The second-order valence-corrected chi connectivity index (χ2v) is 14.5. The average molecular weight is 496 g/mol. The molecule has 3 fully saturated rings. The molecule has 3 amide bonds. The van der Waals surface area contributed by atoms with E-state index in [0.717, 1.165) is 25.7 Å². The van der Waals surface area contributed by atoms with Crippen molar-refractivity contribution in [3.63, 3.8) is 0 Å². The molecule has 3 aliphatic heterocycles. The summed E-state index contributed by atoms with van der Waals surface area (Å²) in [6, 6.07) is -0.598. The molecule has 0 aromatic heterocycles. The van der Waals surface area contributed by atoms with Gasteiger partial charge in [0.15, 0.2) is 0 Å². The Morgan fingerprint density at radius 1 is 1.15 bits per heavy atom. The van der Waals surface area contributed by atoms with E-state index >= 15 is 0 Å². The summed E-state index contributed by atoms with van der Waals surface area (Å²) in [5, 5.41) is 15.6. The predicted molar refractivity (Wildman–Crippen MR) is 136 cm³/mol. The number of carbonyl (C=O) groups is 3. The number of unbranched alkanes of at least 4 members (excludes halogenated alkanes) is 1. The van der Waals surface area contributed by atoms with Gasteiger partial charge in [-0.05, 0) is 64.7 Å². The van der Waals surface area contributed by atoms with Crippen LogP contribution in [0.25, 0.3) is 0 Å². The molecule has 0 aromatic rings. The zero-order chi connectivity index (χ0) is 25.5. The topological polar surface area (TPSA) is 98.7 Å². The standard InChI is InChI=1S/C26H45N3O4S/c1-8-13-27-20(31)17-18-22(33)29(14-9-10-15-30)19(26(18)12-11-25(17,7)34-26)21(32)28-24(5,6)16-23(2,3)4/h17-19,30H,8-16H2,1-7H3,(H,27,31)(H,28,32)/t17-,18-,19?,25+,26?/m0/s1. The van der Waals surface area contributed by atoms with Crippen LogP contribution in [0.2, 0.25) is 0 Å². The van der Waals surface area contributed by atoms with Crippen molar-refractivity contribution < 1.29 is 19.5 Å². The van der Waals surface area contributed by atoms with Crippen molar-refractivity contribution in [3.8, 4) is 0 Å². The number of hydrogen-bond acceptors (Lipinski definition) is 5. The average Bonchev–Trinajstić information content (AvgIpc) is 3.25. The summed E-state index contributed by atoms with van der Waals surface area (Å²) in [5.74, 6) is -1.14. The first-order valence-corrected chi connectivity index (χ1v) is 13.7. The first kappa shape index (κ1) is 27.3. The van der Waals surface area contributed by atoms with Crippen molar-refractivity contribution in [3.05, 3.63) is 0 Å². The molecule has 2 unspecified atom stereocenters. The number of aliphatic hydroxyl groups excluding tert-OH is 1. The van der Waals surface area contributed by atoms with Crippen molar-refractivity contribution >= 4 is 29.5 Å². The zero-order valence-electron chi connectivity index (χ0n) is 22.1. The minimum Gasteiger partial charge on any atom is -0.396 e. The van der Waals surface area contributed by atoms with Gasteiger partial charge >= 0.3 is 0 Å². The Labute approximate surface area is 209 Å². The van der Waals surface area contributed by atoms with E-state index in [0.29, 0.717) is 25.9 Å². The van der Waals surface area contributed by atoms with Gasteiger partial charge in [-0.25, -0.2) is 0 Å². The van der Waals surface area contributed by atoms with Crippen LogP contribution in [0.5, 0.6) is 0 Å². The Morgan fingerprint density at radius 2 is 1.82 bits per heavy atom. The third-order valence-electron chi connectivity index (χ3n) is 7.60. The largest absolute Gasteiger partial charge is 0.396 e. The van der Waals surface area contributed by atoms with Gasteiger partial charge in [0.25, 0.3) is 0 Å². The summed E-state index contributed by atoms with van der Waals surface area (Å²) in [6.45, 7) is 15.7. The fourth-order valence-corrected chi connectivity index (χ4v) is 9.25. The number of hydrogen-bond donors (Lipinski definition) is 3. The molecule has 194 valence electrons. The Hall–Kier alpha value is -1.28. The van der Waals surface area contributed by atoms with Crippen molar-refractivity contribution in [2.24, 2.45) is 17.3 Å². The van der Waals surface area contributed by atoms with Crippen molar-refractivity contribution in [1.82, 2.24) is 15.5 Å². The van der Waals surface area contributed by atoms with E-state index in [-0.39, 0.29) is 34.5 Å². The maximum Gasteiger partial charge on any atom is 0.244 e. The number of aliphatic hydroxyl groups is 1. The molecule has 1 spiro atoms. The van der Waals surface area contributed by atoms with Gasteiger partial charge in [0.05, 0.1) is 16.6 Å². The molecule has 2 bridgehead atoms. The van der Waals surface area contributed by atoms with E-state index in [1.165, 1.54) is 0 Å². The SMILES string of the molecule is CCCNC(=O)[C@@H]1[C@H]2C(=O)N(CCCCO)C(C(=O)NC(C)(C)CC(C)(C)C)C23CC[C@@]1(C)S3. The van der Waals surface area contributed by atoms with E-state index in [2.05, 4.69) is 38.3 Å². The molecule has 0 aromatic carbocycles. The van der Waals surface area contributed by atoms with E-state index in [4.69, 9.17) is 0 Å². The molecule has 0 aliphatic carbocycles. The molecule has 34 heavy (non-hydrogen) atoms. The van der Waals surface area contributed by atoms with Crippen LogP contribution in [-0.2, 0) is 14.4 Å². The first-order valence-electron chi connectivity index (χ1n) is 12.9. The smallest absolute Gasteiger partial charge is 0.244 e. The molecule has 5 atom stereocenters. The molecule has 3 saturated heterocycles. The summed E-state index contributed by atoms with van der Waals surface area (Å²) in [6.07, 6.45) is 4.45. The number of likely N-dealkylation sites (tertiary alicyclic amines) is 1. The maximum absolute atomic E-state index is 13.9. The quantitative estimate of drug-likeness (QED) is 0.405. The fourth-order valence-electron chi connectivity index (χ4n) is 6.89. The number of amides is 3. The second kappa shape index (κ2) is 9.64. The second-order valence-electron chi connectivity index (χ2n) is 12.6. The monoisotopic (exact) mass is 495 g/mol. The Morgan fingerprint density at radius 3 is 2.41 bits per heavy atom. The van der Waals surface area contributed by atoms with Gasteiger partial charge in [-0.3, -0.25) is 14.4 Å². The van der Waals surface area contributed by atoms with Crippen LogP contribution in [0.15, 0.2) is 0 Å². The Balaban J connectivity index is 1.96. The fraction of sp³-hybridized carbons (Fsp3) is 0.885. The molecule has 3 rings (SSSR count). The van der Waals surface area contributed by atoms with Crippen LogP contribution < -0.4 is 10.6 Å². The van der Waals surface area contributed by atoms with Crippen LogP contribution in [0.4, 0.5) is 0 Å². The summed E-state index contributed by atoms with van der Waals surface area (Å²) in [7, 11) is 0. The highest BCUT2D eigenvalue weighted by Crippen LogP contribution is 2.71. The number of nitrogens with one attached hydrogen (secondary N) is 2. The lowest BCUT2D eigenvalue weighted by molar-refractivity contribution is -0.141. The number of thioether (sulfide) groups is 1. The van der Waals surface area contributed by atoms with E-state index in [1.54, 1.807) is 16.7 Å². The Bertz CT molecular complexity index is 810. The van der Waals surface area contributed by atoms with Gasteiger partial charge in [-0.1, -0.05) is 27.7 Å². The van der Waals surface area contributed by atoms with Gasteiger partial charge in [-0.15, -0.1) is 11.8 Å². The van der Waals surface area contributed by atoms with Crippen LogP contribution in [0, 0.1) is 17.3 Å². The summed E-state index contributed by atoms with van der Waals surface area (Å²) in [4.78, 5) is 42.9. The van der Waals surface area contributed by atoms with Gasteiger partial charge in [0.1, 0.15) is 6.04 Å². The highest BCUT2D eigenvalue weighted by Gasteiger charge is 2.77. The maximum atomic E-state index is 13.9. The van der Waals surface area contributed by atoms with Crippen LogP contribution in [-0.4, -0.2) is 68.5 Å². The Kier molecular flexibility index (Phi) is 7.74. The number of carbonyl (C=O) groups excluding carboxylic acids is 3. The third kappa shape index (κ3) is 4.99. The predicted octanol–water partition coefficient (Wildman–Crippen LogP) is 3.10. The minimum absolute atomic E-state index is 0.0421. The molecular formula is C26H45N3O4S. The molecule has 3 aliphatic rings. The molecule has 0 saturated carbocycles. The molecule has 3 N–H and O–H groups in total. The van der Waals surface area contributed by atoms with E-state index in [1.807, 2.05) is 20.8 Å². The molecule has 3 heterocycles. The zero-order valence-corrected chi connectivity index (χ0v) is 22.9. The van der Waals surface area contributed by atoms with Gasteiger partial charge in [-0.2, -0.15) is 0 Å². The molecule has 7 nitrogen and oxygen atoms in total. The number of fused-ring (bicyclic) bond motifs is 1. The lowest BCUT2D eigenvalue weighted by Gasteiger charge is -2.38. The van der Waals surface area contributed by atoms with Crippen LogP contribution >= 0.6 is 11.8 Å². The summed E-state index contributed by atoms with van der Waals surface area (Å²) in [5.41, 5.74) is -0.382. The van der Waals surface area contributed by atoms with Gasteiger partial charge in [0.2, 0.25) is 17.7 Å². The van der Waals surface area contributed by atoms with Gasteiger partial charge in [0, 0.05) is 30.0 Å². The highest BCUT2D eigenvalue weighted by atomic mass is 32.2.